The van der Waals surface area contributed by atoms with Gasteiger partial charge >= 0.3 is 0 Å². The number of rotatable bonds is 5. The maximum Gasteiger partial charge on any atom is 0.242 e. The third-order valence-electron chi connectivity index (χ3n) is 3.27. The van der Waals surface area contributed by atoms with Gasteiger partial charge in [-0.25, -0.2) is 4.39 Å². The van der Waals surface area contributed by atoms with Crippen LogP contribution in [-0.4, -0.2) is 29.9 Å². The second-order valence-corrected chi connectivity index (χ2v) is 4.72. The first kappa shape index (κ1) is 12.9. The summed E-state index contributed by atoms with van der Waals surface area (Å²) >= 11 is 0. The third kappa shape index (κ3) is 3.00. The van der Waals surface area contributed by atoms with Gasteiger partial charge < -0.3 is 10.2 Å². The Labute approximate surface area is 107 Å². The molecule has 0 unspecified atom stereocenters. The zero-order valence-electron chi connectivity index (χ0n) is 10.9. The van der Waals surface area contributed by atoms with Crippen LogP contribution in [0.1, 0.15) is 25.3 Å². The molecule has 1 saturated carbocycles. The zero-order valence-corrected chi connectivity index (χ0v) is 10.9. The zero-order chi connectivity index (χ0) is 13.1. The molecule has 1 aliphatic rings. The summed E-state index contributed by atoms with van der Waals surface area (Å²) in [5.41, 5.74) is 1.63. The molecular formula is C14H19FN2O. The van der Waals surface area contributed by atoms with Crippen LogP contribution < -0.4 is 5.32 Å². The largest absolute Gasteiger partial charge is 0.376 e. The van der Waals surface area contributed by atoms with E-state index in [0.29, 0.717) is 6.04 Å². The molecule has 2 rings (SSSR count). The number of hydrogen-bond donors (Lipinski definition) is 1. The molecule has 18 heavy (non-hydrogen) atoms. The molecule has 98 valence electrons. The van der Waals surface area contributed by atoms with Crippen molar-refractivity contribution in [3.8, 4) is 0 Å². The SMILES string of the molecule is CCN(C(=O)CNc1ccc(F)cc1C)C1CC1. The van der Waals surface area contributed by atoms with Crippen LogP contribution in [-0.2, 0) is 4.79 Å². The first-order valence-electron chi connectivity index (χ1n) is 6.41. The van der Waals surface area contributed by atoms with Gasteiger partial charge in [0.25, 0.3) is 0 Å². The van der Waals surface area contributed by atoms with Gasteiger partial charge in [-0.05, 0) is 50.5 Å². The van der Waals surface area contributed by atoms with Gasteiger partial charge in [-0.3, -0.25) is 4.79 Å². The fourth-order valence-electron chi connectivity index (χ4n) is 2.12. The lowest BCUT2D eigenvalue weighted by Gasteiger charge is -2.21. The maximum atomic E-state index is 12.9. The van der Waals surface area contributed by atoms with Crippen molar-refractivity contribution in [3.05, 3.63) is 29.6 Å². The third-order valence-corrected chi connectivity index (χ3v) is 3.27. The van der Waals surface area contributed by atoms with Crippen molar-refractivity contribution >= 4 is 11.6 Å². The topological polar surface area (TPSA) is 32.3 Å². The molecule has 4 heteroatoms. The summed E-state index contributed by atoms with van der Waals surface area (Å²) in [5.74, 6) is -0.138. The van der Waals surface area contributed by atoms with E-state index in [9.17, 15) is 9.18 Å². The highest BCUT2D eigenvalue weighted by Gasteiger charge is 2.30. The number of nitrogens with one attached hydrogen (secondary N) is 1. The Morgan fingerprint density at radius 1 is 1.50 bits per heavy atom. The van der Waals surface area contributed by atoms with Gasteiger partial charge in [-0.15, -0.1) is 0 Å². The van der Waals surface area contributed by atoms with Crippen molar-refractivity contribution in [2.24, 2.45) is 0 Å². The second kappa shape index (κ2) is 5.38. The Hall–Kier alpha value is -1.58. The minimum absolute atomic E-state index is 0.115. The summed E-state index contributed by atoms with van der Waals surface area (Å²) in [5, 5.41) is 3.08. The molecule has 3 nitrogen and oxygen atoms in total. The Kier molecular flexibility index (Phi) is 3.84. The van der Waals surface area contributed by atoms with E-state index in [2.05, 4.69) is 5.32 Å². The Balaban J connectivity index is 1.92. The number of nitrogens with zero attached hydrogens (tertiary/aromatic N) is 1. The summed E-state index contributed by atoms with van der Waals surface area (Å²) in [4.78, 5) is 13.9. The van der Waals surface area contributed by atoms with Gasteiger partial charge in [0.1, 0.15) is 5.82 Å². The van der Waals surface area contributed by atoms with Crippen LogP contribution in [0, 0.1) is 12.7 Å². The molecule has 0 aromatic heterocycles. The minimum atomic E-state index is -0.252. The minimum Gasteiger partial charge on any atom is -0.376 e. The van der Waals surface area contributed by atoms with Crippen LogP contribution >= 0.6 is 0 Å². The predicted octanol–water partition coefficient (Wildman–Crippen LogP) is 2.56. The van der Waals surface area contributed by atoms with Crippen molar-refractivity contribution in [1.29, 1.82) is 0 Å². The van der Waals surface area contributed by atoms with E-state index >= 15 is 0 Å². The van der Waals surface area contributed by atoms with E-state index in [1.807, 2.05) is 18.7 Å². The van der Waals surface area contributed by atoms with Gasteiger partial charge in [-0.1, -0.05) is 0 Å². The number of aryl methyl sites for hydroxylation is 1. The molecule has 0 spiro atoms. The standard InChI is InChI=1S/C14H19FN2O/c1-3-17(12-5-6-12)14(18)9-16-13-7-4-11(15)8-10(13)2/h4,7-8,12,16H,3,5-6,9H2,1-2H3. The van der Waals surface area contributed by atoms with Gasteiger partial charge in [0.15, 0.2) is 0 Å². The Morgan fingerprint density at radius 3 is 2.78 bits per heavy atom. The molecule has 0 heterocycles. The fourth-order valence-corrected chi connectivity index (χ4v) is 2.12. The number of amides is 1. The highest BCUT2D eigenvalue weighted by atomic mass is 19.1. The molecule has 0 radical (unpaired) electrons. The van der Waals surface area contributed by atoms with E-state index in [1.54, 1.807) is 6.07 Å². The number of carbonyl (C=O) groups excluding carboxylic acids is 1. The molecule has 0 atom stereocenters. The van der Waals surface area contributed by atoms with Crippen molar-refractivity contribution in [2.75, 3.05) is 18.4 Å². The highest BCUT2D eigenvalue weighted by molar-refractivity contribution is 5.81. The molecule has 0 bridgehead atoms. The molecule has 1 aromatic rings. The molecular weight excluding hydrogens is 231 g/mol. The first-order chi connectivity index (χ1) is 8.61. The van der Waals surface area contributed by atoms with Gasteiger partial charge in [0, 0.05) is 18.3 Å². The van der Waals surface area contributed by atoms with Crippen molar-refractivity contribution in [3.63, 3.8) is 0 Å². The molecule has 1 fully saturated rings. The number of carbonyl (C=O) groups is 1. The number of likely N-dealkylation sites (N-methyl/N-ethyl adjacent to an activating group) is 1. The van der Waals surface area contributed by atoms with Crippen LogP contribution in [0.15, 0.2) is 18.2 Å². The maximum absolute atomic E-state index is 12.9. The monoisotopic (exact) mass is 250 g/mol. The lowest BCUT2D eigenvalue weighted by atomic mass is 10.2. The lowest BCUT2D eigenvalue weighted by molar-refractivity contribution is -0.129. The van der Waals surface area contributed by atoms with Crippen LogP contribution in [0.5, 0.6) is 0 Å². The average molecular weight is 250 g/mol. The van der Waals surface area contributed by atoms with Gasteiger partial charge in [0.2, 0.25) is 5.91 Å². The van der Waals surface area contributed by atoms with Gasteiger partial charge in [0.05, 0.1) is 6.54 Å². The van der Waals surface area contributed by atoms with E-state index in [0.717, 1.165) is 30.6 Å². The number of hydrogen-bond acceptors (Lipinski definition) is 2. The first-order valence-corrected chi connectivity index (χ1v) is 6.41. The summed E-state index contributed by atoms with van der Waals surface area (Å²) in [6, 6.07) is 4.98. The quantitative estimate of drug-likeness (QED) is 0.871. The smallest absolute Gasteiger partial charge is 0.242 e. The molecule has 1 N–H and O–H groups in total. The lowest BCUT2D eigenvalue weighted by Crippen LogP contribution is -2.37. The van der Waals surface area contributed by atoms with Crippen LogP contribution in [0.4, 0.5) is 10.1 Å². The molecule has 0 saturated heterocycles. The van der Waals surface area contributed by atoms with Crippen LogP contribution in [0.2, 0.25) is 0 Å². The van der Waals surface area contributed by atoms with E-state index in [4.69, 9.17) is 0 Å². The molecule has 1 amide bonds. The van der Waals surface area contributed by atoms with E-state index in [1.165, 1.54) is 12.1 Å². The normalized spacial score (nSPS) is 14.4. The summed E-state index contributed by atoms with van der Waals surface area (Å²) in [6.07, 6.45) is 2.24. The number of anilines is 1. The summed E-state index contributed by atoms with van der Waals surface area (Å²) in [6.45, 7) is 4.86. The Morgan fingerprint density at radius 2 is 2.22 bits per heavy atom. The molecule has 1 aromatic carbocycles. The van der Waals surface area contributed by atoms with E-state index in [-0.39, 0.29) is 18.3 Å². The number of benzene rings is 1. The predicted molar refractivity (Wildman–Crippen MR) is 70.0 cm³/mol. The van der Waals surface area contributed by atoms with Crippen LogP contribution in [0.25, 0.3) is 0 Å². The summed E-state index contributed by atoms with van der Waals surface area (Å²) < 4.78 is 12.9. The van der Waals surface area contributed by atoms with Crippen molar-refractivity contribution in [1.82, 2.24) is 4.90 Å². The van der Waals surface area contributed by atoms with Crippen molar-refractivity contribution in [2.45, 2.75) is 32.7 Å². The van der Waals surface area contributed by atoms with Crippen molar-refractivity contribution < 1.29 is 9.18 Å². The molecule has 0 aliphatic heterocycles. The van der Waals surface area contributed by atoms with Crippen LogP contribution in [0.3, 0.4) is 0 Å². The summed E-state index contributed by atoms with van der Waals surface area (Å²) in [7, 11) is 0. The van der Waals surface area contributed by atoms with E-state index < -0.39 is 0 Å². The Bertz CT molecular complexity index is 443. The second-order valence-electron chi connectivity index (χ2n) is 4.72. The fraction of sp³-hybridized carbons (Fsp3) is 0.500. The average Bonchev–Trinajstić information content (AvgIpc) is 3.13. The highest BCUT2D eigenvalue weighted by Crippen LogP contribution is 2.26. The molecule has 1 aliphatic carbocycles. The number of halogens is 1. The van der Waals surface area contributed by atoms with Gasteiger partial charge in [-0.2, -0.15) is 0 Å².